The van der Waals surface area contributed by atoms with Crippen LogP contribution >= 0.6 is 11.6 Å². The number of Topliss-reactive ketones (excluding diaryl/α,β-unsaturated/α-hetero) is 1. The quantitative estimate of drug-likeness (QED) is 0.338. The lowest BCUT2D eigenvalue weighted by molar-refractivity contribution is -0.117. The Balaban J connectivity index is 1.65. The Morgan fingerprint density at radius 3 is 2.46 bits per heavy atom. The molecule has 0 fully saturated rings. The lowest BCUT2D eigenvalue weighted by Gasteiger charge is -2.27. The summed E-state index contributed by atoms with van der Waals surface area (Å²) in [5.74, 6) is -1.76. The second kappa shape index (κ2) is 8.64. The topological polar surface area (TPSA) is 74.0 Å². The second-order valence-corrected chi connectivity index (χ2v) is 9.22. The normalized spacial score (nSPS) is 15.8. The Kier molecular flexibility index (Phi) is 5.61. The Bertz CT molecular complexity index is 1500. The van der Waals surface area contributed by atoms with Crippen LogP contribution in [0.1, 0.15) is 27.7 Å². The van der Waals surface area contributed by atoms with E-state index in [9.17, 15) is 14.7 Å². The number of benzene rings is 3. The van der Waals surface area contributed by atoms with Crippen LogP contribution in [0.15, 0.2) is 88.5 Å². The highest BCUT2D eigenvalue weighted by atomic mass is 35.5. The van der Waals surface area contributed by atoms with Gasteiger partial charge in [0.15, 0.2) is 11.5 Å². The molecule has 1 atom stereocenters. The molecule has 0 aliphatic carbocycles. The van der Waals surface area contributed by atoms with Crippen LogP contribution < -0.4 is 9.80 Å². The molecule has 0 radical (unpaired) electrons. The SMILES string of the molecule is Cc1cccc(N2C(=O)C(O)=C(C(=O)c3cc4cc(Cl)ccc4o3)C2c2ccc(N(C)C)cc2)c1. The number of carbonyl (C=O) groups excluding carboxylic acids is 2. The summed E-state index contributed by atoms with van der Waals surface area (Å²) in [6.45, 7) is 1.92. The lowest BCUT2D eigenvalue weighted by Crippen LogP contribution is -2.31. The van der Waals surface area contributed by atoms with Crippen LogP contribution in [0.3, 0.4) is 0 Å². The minimum atomic E-state index is -0.829. The molecule has 3 aromatic carbocycles. The molecule has 35 heavy (non-hydrogen) atoms. The third-order valence-corrected chi connectivity index (χ3v) is 6.40. The number of fused-ring (bicyclic) bond motifs is 1. The Labute approximate surface area is 207 Å². The van der Waals surface area contributed by atoms with Gasteiger partial charge in [-0.25, -0.2) is 0 Å². The minimum Gasteiger partial charge on any atom is -0.503 e. The van der Waals surface area contributed by atoms with Crippen LogP contribution in [0.5, 0.6) is 0 Å². The van der Waals surface area contributed by atoms with Crippen molar-refractivity contribution in [3.05, 3.63) is 106 Å². The third-order valence-electron chi connectivity index (χ3n) is 6.16. The smallest absolute Gasteiger partial charge is 0.294 e. The number of halogens is 1. The molecule has 1 amide bonds. The van der Waals surface area contributed by atoms with Gasteiger partial charge in [-0.05, 0) is 66.6 Å². The van der Waals surface area contributed by atoms with Crippen molar-refractivity contribution in [2.75, 3.05) is 23.9 Å². The number of aliphatic hydroxyl groups is 1. The predicted octanol–water partition coefficient (Wildman–Crippen LogP) is 6.24. The molecule has 5 rings (SSSR count). The number of rotatable bonds is 5. The molecule has 0 spiro atoms. The van der Waals surface area contributed by atoms with E-state index < -0.39 is 23.5 Å². The number of aliphatic hydroxyl groups excluding tert-OH is 1. The predicted molar refractivity (Wildman–Crippen MR) is 137 cm³/mol. The average Bonchev–Trinajstić information content (AvgIpc) is 3.37. The van der Waals surface area contributed by atoms with Crippen LogP contribution in [0, 0.1) is 6.92 Å². The van der Waals surface area contributed by atoms with Gasteiger partial charge in [-0.1, -0.05) is 35.9 Å². The molecule has 1 unspecified atom stereocenters. The van der Waals surface area contributed by atoms with Gasteiger partial charge >= 0.3 is 0 Å². The van der Waals surface area contributed by atoms with Crippen LogP contribution in [0.25, 0.3) is 11.0 Å². The van der Waals surface area contributed by atoms with Crippen molar-refractivity contribution in [3.8, 4) is 0 Å². The zero-order valence-corrected chi connectivity index (χ0v) is 20.2. The highest BCUT2D eigenvalue weighted by Gasteiger charge is 2.45. The molecule has 2 heterocycles. The van der Waals surface area contributed by atoms with E-state index in [2.05, 4.69) is 0 Å². The minimum absolute atomic E-state index is 0.0256. The second-order valence-electron chi connectivity index (χ2n) is 8.79. The first-order chi connectivity index (χ1) is 16.7. The molecule has 0 bridgehead atoms. The van der Waals surface area contributed by atoms with Crippen molar-refractivity contribution >= 4 is 45.6 Å². The van der Waals surface area contributed by atoms with E-state index in [4.69, 9.17) is 16.0 Å². The molecule has 0 saturated carbocycles. The van der Waals surface area contributed by atoms with Crippen molar-refractivity contribution < 1.29 is 19.1 Å². The third kappa shape index (κ3) is 3.96. The van der Waals surface area contributed by atoms with E-state index in [0.29, 0.717) is 27.2 Å². The van der Waals surface area contributed by atoms with E-state index in [0.717, 1.165) is 11.3 Å². The molecular weight excluding hydrogens is 464 g/mol. The summed E-state index contributed by atoms with van der Waals surface area (Å²) in [4.78, 5) is 30.5. The summed E-state index contributed by atoms with van der Waals surface area (Å²) in [6, 6.07) is 20.7. The lowest BCUT2D eigenvalue weighted by atomic mass is 9.94. The van der Waals surface area contributed by atoms with Gasteiger partial charge in [0.25, 0.3) is 5.91 Å². The van der Waals surface area contributed by atoms with Gasteiger partial charge in [0.05, 0.1) is 11.6 Å². The number of carbonyl (C=O) groups is 2. The Hall–Kier alpha value is -4.03. The summed E-state index contributed by atoms with van der Waals surface area (Å²) in [5.41, 5.74) is 3.66. The van der Waals surface area contributed by atoms with Gasteiger partial charge in [0.1, 0.15) is 5.58 Å². The highest BCUT2D eigenvalue weighted by Crippen LogP contribution is 2.43. The van der Waals surface area contributed by atoms with Crippen molar-refractivity contribution in [2.24, 2.45) is 0 Å². The summed E-state index contributed by atoms with van der Waals surface area (Å²) in [5, 5.41) is 12.2. The molecule has 0 saturated heterocycles. The van der Waals surface area contributed by atoms with Crippen molar-refractivity contribution in [1.29, 1.82) is 0 Å². The molecular formula is C28H23ClN2O4. The first kappa shape index (κ1) is 22.7. The van der Waals surface area contributed by atoms with Gasteiger partial charge < -0.3 is 14.4 Å². The van der Waals surface area contributed by atoms with Gasteiger partial charge in [-0.2, -0.15) is 0 Å². The maximum Gasteiger partial charge on any atom is 0.294 e. The number of ketones is 1. The van der Waals surface area contributed by atoms with Crippen LogP contribution in [0.2, 0.25) is 5.02 Å². The standard InChI is InChI=1S/C28H23ClN2O4/c1-16-5-4-6-21(13-16)31-25(17-7-10-20(11-8-17)30(2)3)24(27(33)28(31)34)26(32)23-15-18-14-19(29)9-12-22(18)35-23/h4-15,25,33H,1-3H3. The van der Waals surface area contributed by atoms with Crippen LogP contribution in [-0.4, -0.2) is 30.9 Å². The number of nitrogens with zero attached hydrogens (tertiary/aromatic N) is 2. The highest BCUT2D eigenvalue weighted by molar-refractivity contribution is 6.31. The molecule has 6 nitrogen and oxygen atoms in total. The summed E-state index contributed by atoms with van der Waals surface area (Å²) < 4.78 is 5.79. The number of furan rings is 1. The fraction of sp³-hybridized carbons (Fsp3) is 0.143. The molecule has 7 heteroatoms. The number of hydrogen-bond donors (Lipinski definition) is 1. The monoisotopic (exact) mass is 486 g/mol. The molecule has 1 aliphatic heterocycles. The van der Waals surface area contributed by atoms with E-state index in [1.165, 1.54) is 4.90 Å². The Morgan fingerprint density at radius 2 is 1.77 bits per heavy atom. The maximum absolute atomic E-state index is 13.7. The van der Waals surface area contributed by atoms with E-state index in [1.54, 1.807) is 30.3 Å². The number of aryl methyl sites for hydroxylation is 1. The van der Waals surface area contributed by atoms with Crippen molar-refractivity contribution in [1.82, 2.24) is 0 Å². The van der Waals surface area contributed by atoms with Crippen LogP contribution in [-0.2, 0) is 4.79 Å². The number of hydrogen-bond acceptors (Lipinski definition) is 5. The number of amides is 1. The summed E-state index contributed by atoms with van der Waals surface area (Å²) in [7, 11) is 3.86. The fourth-order valence-electron chi connectivity index (χ4n) is 4.41. The molecule has 176 valence electrons. The Morgan fingerprint density at radius 1 is 1.03 bits per heavy atom. The number of anilines is 2. The fourth-order valence-corrected chi connectivity index (χ4v) is 4.59. The summed E-state index contributed by atoms with van der Waals surface area (Å²) >= 11 is 6.08. The van der Waals surface area contributed by atoms with Crippen LogP contribution in [0.4, 0.5) is 11.4 Å². The van der Waals surface area contributed by atoms with Crippen molar-refractivity contribution in [2.45, 2.75) is 13.0 Å². The molecule has 4 aromatic rings. The average molecular weight is 487 g/mol. The van der Waals surface area contributed by atoms with E-state index in [1.807, 2.05) is 68.4 Å². The van der Waals surface area contributed by atoms with Gasteiger partial charge in [-0.15, -0.1) is 0 Å². The molecule has 1 aromatic heterocycles. The first-order valence-corrected chi connectivity index (χ1v) is 11.5. The maximum atomic E-state index is 13.7. The zero-order valence-electron chi connectivity index (χ0n) is 19.4. The van der Waals surface area contributed by atoms with Gasteiger partial charge in [0.2, 0.25) is 5.78 Å². The van der Waals surface area contributed by atoms with Gasteiger partial charge in [0, 0.05) is 35.9 Å². The first-order valence-electron chi connectivity index (χ1n) is 11.1. The van der Waals surface area contributed by atoms with E-state index in [-0.39, 0.29) is 11.3 Å². The summed E-state index contributed by atoms with van der Waals surface area (Å²) in [6.07, 6.45) is 0. The van der Waals surface area contributed by atoms with E-state index >= 15 is 0 Å². The zero-order chi connectivity index (χ0) is 24.9. The van der Waals surface area contributed by atoms with Gasteiger partial charge in [-0.3, -0.25) is 14.5 Å². The van der Waals surface area contributed by atoms with Crippen molar-refractivity contribution in [3.63, 3.8) is 0 Å². The largest absolute Gasteiger partial charge is 0.503 e. The molecule has 1 N–H and O–H groups in total. The molecule has 1 aliphatic rings.